The molecular weight excluding hydrogens is 300 g/mol. The first kappa shape index (κ1) is 14.7. The number of imidazole rings is 1. The second kappa shape index (κ2) is 5.34. The summed E-state index contributed by atoms with van der Waals surface area (Å²) in [5.41, 5.74) is 1.34. The first-order chi connectivity index (χ1) is 9.31. The van der Waals surface area contributed by atoms with Gasteiger partial charge in [0.1, 0.15) is 5.15 Å². The van der Waals surface area contributed by atoms with Crippen molar-refractivity contribution in [3.8, 4) is 0 Å². The number of aromatic nitrogens is 2. The van der Waals surface area contributed by atoms with Gasteiger partial charge in [0.05, 0.1) is 12.0 Å². The van der Waals surface area contributed by atoms with Crippen LogP contribution in [-0.2, 0) is 17.1 Å². The Hall–Kier alpha value is -1.73. The molecule has 2 rings (SSSR count). The van der Waals surface area contributed by atoms with Crippen LogP contribution >= 0.6 is 11.6 Å². The van der Waals surface area contributed by atoms with Gasteiger partial charge >= 0.3 is 0 Å². The predicted molar refractivity (Wildman–Crippen MR) is 79.8 cm³/mol. The number of nitrogens with zero attached hydrogens (tertiary/aromatic N) is 3. The molecule has 0 spiro atoms. The van der Waals surface area contributed by atoms with E-state index in [4.69, 9.17) is 11.6 Å². The van der Waals surface area contributed by atoms with Crippen LogP contribution in [0.3, 0.4) is 0 Å². The number of nitrogens with one attached hydrogen (secondary N) is 1. The molecule has 0 saturated carbocycles. The normalized spacial score (nSPS) is 11.4. The van der Waals surface area contributed by atoms with Gasteiger partial charge < -0.3 is 9.47 Å². The Balaban J connectivity index is 2.34. The average Bonchev–Trinajstić information content (AvgIpc) is 2.70. The fraction of sp³-hybridized carbons (Fsp3) is 0.250. The number of halogens is 1. The first-order valence-corrected chi connectivity index (χ1v) is 7.64. The lowest BCUT2D eigenvalue weighted by Gasteiger charge is -2.14. The summed E-state index contributed by atoms with van der Waals surface area (Å²) in [5.74, 6) is 0. The summed E-state index contributed by atoms with van der Waals surface area (Å²) in [6, 6.07) is 7.05. The minimum atomic E-state index is -3.80. The largest absolute Gasteiger partial charge is 0.378 e. The Bertz CT molecular complexity index is 725. The van der Waals surface area contributed by atoms with Gasteiger partial charge in [-0.25, -0.2) is 4.98 Å². The van der Waals surface area contributed by atoms with Crippen LogP contribution < -0.4 is 9.62 Å². The minimum Gasteiger partial charge on any atom is -0.378 e. The number of hydrogen-bond donors (Lipinski definition) is 1. The van der Waals surface area contributed by atoms with Crippen LogP contribution in [0.4, 0.5) is 11.4 Å². The lowest BCUT2D eigenvalue weighted by Crippen LogP contribution is -2.15. The Morgan fingerprint density at radius 2 is 2.05 bits per heavy atom. The highest BCUT2D eigenvalue weighted by atomic mass is 35.5. The summed E-state index contributed by atoms with van der Waals surface area (Å²) in [6.07, 6.45) is 1.35. The molecule has 0 bridgehead atoms. The van der Waals surface area contributed by atoms with Gasteiger partial charge in [0.25, 0.3) is 10.0 Å². The summed E-state index contributed by atoms with van der Waals surface area (Å²) in [6.45, 7) is 0. The van der Waals surface area contributed by atoms with Crippen LogP contribution in [0.15, 0.2) is 35.6 Å². The van der Waals surface area contributed by atoms with E-state index in [-0.39, 0.29) is 10.2 Å². The molecule has 1 aromatic heterocycles. The Labute approximate surface area is 123 Å². The second-order valence-corrected chi connectivity index (χ2v) is 6.46. The number of sulfonamides is 1. The molecule has 20 heavy (non-hydrogen) atoms. The van der Waals surface area contributed by atoms with Crippen molar-refractivity contribution >= 4 is 33.0 Å². The highest BCUT2D eigenvalue weighted by molar-refractivity contribution is 7.92. The molecule has 108 valence electrons. The van der Waals surface area contributed by atoms with Crippen molar-refractivity contribution in [2.45, 2.75) is 5.03 Å². The topological polar surface area (TPSA) is 67.2 Å². The molecule has 1 N–H and O–H groups in total. The number of anilines is 2. The van der Waals surface area contributed by atoms with E-state index < -0.39 is 10.0 Å². The molecule has 0 atom stereocenters. The minimum absolute atomic E-state index is 0.0706. The highest BCUT2D eigenvalue weighted by Gasteiger charge is 2.22. The molecule has 0 aliphatic carbocycles. The van der Waals surface area contributed by atoms with E-state index in [1.54, 1.807) is 25.2 Å². The average molecular weight is 315 g/mol. The van der Waals surface area contributed by atoms with Gasteiger partial charge in [0, 0.05) is 26.8 Å². The number of hydrogen-bond acceptors (Lipinski definition) is 4. The number of rotatable bonds is 4. The molecule has 0 fully saturated rings. The molecule has 1 aromatic carbocycles. The number of benzene rings is 1. The van der Waals surface area contributed by atoms with Gasteiger partial charge in [-0.15, -0.1) is 0 Å². The van der Waals surface area contributed by atoms with Gasteiger partial charge in [-0.3, -0.25) is 4.72 Å². The summed E-state index contributed by atoms with van der Waals surface area (Å²) < 4.78 is 28.4. The molecule has 0 aliphatic rings. The van der Waals surface area contributed by atoms with Crippen molar-refractivity contribution in [2.24, 2.45) is 7.05 Å². The van der Waals surface area contributed by atoms with Crippen molar-refractivity contribution in [3.63, 3.8) is 0 Å². The Morgan fingerprint density at radius 3 is 2.60 bits per heavy atom. The lowest BCUT2D eigenvalue weighted by atomic mass is 10.3. The predicted octanol–water partition coefficient (Wildman–Crippen LogP) is 1.94. The first-order valence-electron chi connectivity index (χ1n) is 5.78. The molecular formula is C12H15ClN4O2S. The Morgan fingerprint density at radius 1 is 1.35 bits per heavy atom. The van der Waals surface area contributed by atoms with Crippen molar-refractivity contribution < 1.29 is 8.42 Å². The van der Waals surface area contributed by atoms with Crippen LogP contribution in [0, 0.1) is 0 Å². The van der Waals surface area contributed by atoms with E-state index >= 15 is 0 Å². The van der Waals surface area contributed by atoms with E-state index in [9.17, 15) is 8.42 Å². The third kappa shape index (κ3) is 2.88. The zero-order valence-electron chi connectivity index (χ0n) is 11.3. The SMILES string of the molecule is CN(C)c1cccc(NS(=O)(=O)c2ncn(C)c2Cl)c1. The van der Waals surface area contributed by atoms with Gasteiger partial charge in [-0.1, -0.05) is 17.7 Å². The highest BCUT2D eigenvalue weighted by Crippen LogP contribution is 2.23. The molecule has 8 heteroatoms. The third-order valence-electron chi connectivity index (χ3n) is 2.70. The second-order valence-electron chi connectivity index (χ2n) is 4.50. The fourth-order valence-corrected chi connectivity index (χ4v) is 3.11. The molecule has 1 heterocycles. The lowest BCUT2D eigenvalue weighted by molar-refractivity contribution is 0.598. The van der Waals surface area contributed by atoms with E-state index in [1.165, 1.54) is 10.9 Å². The number of aryl methyl sites for hydroxylation is 1. The Kier molecular flexibility index (Phi) is 3.92. The summed E-state index contributed by atoms with van der Waals surface area (Å²) >= 11 is 5.91. The summed E-state index contributed by atoms with van der Waals surface area (Å²) in [5, 5.41) is -0.113. The molecule has 6 nitrogen and oxygen atoms in total. The van der Waals surface area contributed by atoms with Gasteiger partial charge in [0.15, 0.2) is 0 Å². The van der Waals surface area contributed by atoms with Crippen LogP contribution in [0.5, 0.6) is 0 Å². The van der Waals surface area contributed by atoms with Crippen LogP contribution in [0.2, 0.25) is 5.15 Å². The van der Waals surface area contributed by atoms with E-state index in [1.807, 2.05) is 25.1 Å². The molecule has 0 unspecified atom stereocenters. The van der Waals surface area contributed by atoms with Gasteiger partial charge in [-0.2, -0.15) is 8.42 Å². The van der Waals surface area contributed by atoms with E-state index in [2.05, 4.69) is 9.71 Å². The zero-order valence-corrected chi connectivity index (χ0v) is 12.9. The summed E-state index contributed by atoms with van der Waals surface area (Å²) in [4.78, 5) is 5.69. The maximum absolute atomic E-state index is 12.2. The molecule has 0 amide bonds. The molecule has 0 saturated heterocycles. The van der Waals surface area contributed by atoms with Gasteiger partial charge in [0.2, 0.25) is 5.03 Å². The third-order valence-corrected chi connectivity index (χ3v) is 4.57. The van der Waals surface area contributed by atoms with Crippen LogP contribution in [0.1, 0.15) is 0 Å². The summed E-state index contributed by atoms with van der Waals surface area (Å²) in [7, 11) is 1.58. The smallest absolute Gasteiger partial charge is 0.282 e. The van der Waals surface area contributed by atoms with Crippen LogP contribution in [0.25, 0.3) is 0 Å². The quantitative estimate of drug-likeness (QED) is 0.936. The monoisotopic (exact) mass is 314 g/mol. The zero-order chi connectivity index (χ0) is 14.9. The van der Waals surface area contributed by atoms with Gasteiger partial charge in [-0.05, 0) is 18.2 Å². The van der Waals surface area contributed by atoms with Crippen molar-refractivity contribution in [1.29, 1.82) is 0 Å². The maximum Gasteiger partial charge on any atom is 0.282 e. The van der Waals surface area contributed by atoms with E-state index in [0.29, 0.717) is 5.69 Å². The fourth-order valence-electron chi connectivity index (χ4n) is 1.63. The van der Waals surface area contributed by atoms with Crippen molar-refractivity contribution in [1.82, 2.24) is 9.55 Å². The molecule has 0 aliphatic heterocycles. The van der Waals surface area contributed by atoms with Crippen molar-refractivity contribution in [3.05, 3.63) is 35.7 Å². The van der Waals surface area contributed by atoms with Crippen molar-refractivity contribution in [2.75, 3.05) is 23.7 Å². The standard InChI is InChI=1S/C12H15ClN4O2S/c1-16(2)10-6-4-5-9(7-10)15-20(18,19)12-11(13)17(3)8-14-12/h4-8,15H,1-3H3. The maximum atomic E-state index is 12.2. The molecule has 2 aromatic rings. The van der Waals surface area contributed by atoms with Crippen LogP contribution in [-0.4, -0.2) is 32.1 Å². The molecule has 0 radical (unpaired) electrons. The van der Waals surface area contributed by atoms with E-state index in [0.717, 1.165) is 5.69 Å².